The zero-order valence-corrected chi connectivity index (χ0v) is 11.6. The highest BCUT2D eigenvalue weighted by Gasteiger charge is 2.20. The first-order chi connectivity index (χ1) is 10.3. The van der Waals surface area contributed by atoms with E-state index in [4.69, 9.17) is 5.11 Å². The summed E-state index contributed by atoms with van der Waals surface area (Å²) in [5, 5.41) is 19.5. The van der Waals surface area contributed by atoms with E-state index in [9.17, 15) is 23.3 Å². The van der Waals surface area contributed by atoms with Gasteiger partial charge in [-0.2, -0.15) is 0 Å². The number of nitrogens with zero attached hydrogens (tertiary/aromatic N) is 2. The van der Waals surface area contributed by atoms with Crippen LogP contribution in [0.5, 0.6) is 0 Å². The highest BCUT2D eigenvalue weighted by Crippen LogP contribution is 2.20. The number of nitrogens with one attached hydrogen (secondary N) is 1. The molecule has 2 N–H and O–H groups in total. The van der Waals surface area contributed by atoms with Crippen molar-refractivity contribution in [1.82, 2.24) is 4.98 Å². The summed E-state index contributed by atoms with van der Waals surface area (Å²) in [5.74, 6) is -1.68. The molecule has 1 heterocycles. The van der Waals surface area contributed by atoms with E-state index >= 15 is 0 Å². The third kappa shape index (κ3) is 3.17. The minimum absolute atomic E-state index is 0.250. The molecule has 22 heavy (non-hydrogen) atoms. The Hall–Kier alpha value is -3.01. The van der Waals surface area contributed by atoms with Gasteiger partial charge < -0.3 is 5.11 Å². The van der Waals surface area contributed by atoms with Gasteiger partial charge in [-0.25, -0.2) is 18.2 Å². The second-order valence-electron chi connectivity index (χ2n) is 4.06. The average molecular weight is 323 g/mol. The van der Waals surface area contributed by atoms with Gasteiger partial charge in [0.15, 0.2) is 5.82 Å². The summed E-state index contributed by atoms with van der Waals surface area (Å²) in [6.45, 7) is 0. The standard InChI is InChI=1S/C12H9N3O6S/c16-12(17)10-2-1-7-13-11(10)14-22(20,21)9-5-3-8(4-6-9)15(18)19/h1-7H,(H,13,14)(H,16,17). The van der Waals surface area contributed by atoms with Crippen molar-refractivity contribution in [3.8, 4) is 0 Å². The number of aromatic nitrogens is 1. The lowest BCUT2D eigenvalue weighted by Crippen LogP contribution is -2.16. The van der Waals surface area contributed by atoms with E-state index in [1.807, 2.05) is 4.72 Å². The van der Waals surface area contributed by atoms with Gasteiger partial charge in [0.25, 0.3) is 15.7 Å². The summed E-state index contributed by atoms with van der Waals surface area (Å²) in [5.41, 5.74) is -0.573. The zero-order chi connectivity index (χ0) is 16.3. The lowest BCUT2D eigenvalue weighted by Gasteiger charge is -2.09. The van der Waals surface area contributed by atoms with Gasteiger partial charge in [0.1, 0.15) is 5.56 Å². The summed E-state index contributed by atoms with van der Waals surface area (Å²) in [6, 6.07) is 6.71. The number of benzene rings is 1. The van der Waals surface area contributed by atoms with E-state index in [-0.39, 0.29) is 22.0 Å². The quantitative estimate of drug-likeness (QED) is 0.627. The Labute approximate surface area is 124 Å². The van der Waals surface area contributed by atoms with E-state index in [2.05, 4.69) is 4.98 Å². The molecule has 114 valence electrons. The smallest absolute Gasteiger partial charge is 0.339 e. The van der Waals surface area contributed by atoms with Crippen molar-refractivity contribution in [2.45, 2.75) is 4.90 Å². The van der Waals surface area contributed by atoms with Crippen LogP contribution in [0.15, 0.2) is 47.5 Å². The number of aromatic carboxylic acids is 1. The molecule has 0 bridgehead atoms. The van der Waals surface area contributed by atoms with Crippen LogP contribution in [0.2, 0.25) is 0 Å². The van der Waals surface area contributed by atoms with Crippen LogP contribution in [-0.4, -0.2) is 29.4 Å². The molecule has 0 atom stereocenters. The van der Waals surface area contributed by atoms with Gasteiger partial charge in [-0.1, -0.05) is 0 Å². The number of nitro groups is 1. The largest absolute Gasteiger partial charge is 0.478 e. The van der Waals surface area contributed by atoms with E-state index in [0.717, 1.165) is 24.3 Å². The van der Waals surface area contributed by atoms with Crippen molar-refractivity contribution in [2.24, 2.45) is 0 Å². The zero-order valence-electron chi connectivity index (χ0n) is 10.8. The van der Waals surface area contributed by atoms with Gasteiger partial charge >= 0.3 is 5.97 Å². The monoisotopic (exact) mass is 323 g/mol. The minimum atomic E-state index is -4.11. The molecule has 2 aromatic rings. The van der Waals surface area contributed by atoms with E-state index in [0.29, 0.717) is 0 Å². The third-order valence-corrected chi connectivity index (χ3v) is 3.98. The first kappa shape index (κ1) is 15.4. The number of carbonyl (C=O) groups is 1. The van der Waals surface area contributed by atoms with Crippen LogP contribution in [-0.2, 0) is 10.0 Å². The minimum Gasteiger partial charge on any atom is -0.478 e. The Bertz CT molecular complexity index is 832. The molecule has 10 heteroatoms. The van der Waals surface area contributed by atoms with Crippen LogP contribution in [0, 0.1) is 10.1 Å². The Kier molecular flexibility index (Phi) is 4.04. The molecule has 0 aliphatic heterocycles. The lowest BCUT2D eigenvalue weighted by atomic mass is 10.3. The predicted octanol–water partition coefficient (Wildman–Crippen LogP) is 1.49. The Balaban J connectivity index is 2.36. The summed E-state index contributed by atoms with van der Waals surface area (Å²) >= 11 is 0. The van der Waals surface area contributed by atoms with Crippen molar-refractivity contribution >= 4 is 27.5 Å². The molecule has 0 unspecified atom stereocenters. The molecule has 0 saturated carbocycles. The number of sulfonamides is 1. The van der Waals surface area contributed by atoms with Crippen molar-refractivity contribution in [3.05, 3.63) is 58.3 Å². The van der Waals surface area contributed by atoms with Gasteiger partial charge in [-0.3, -0.25) is 14.8 Å². The van der Waals surface area contributed by atoms with Gasteiger partial charge in [0.2, 0.25) is 0 Å². The molecule has 0 spiro atoms. The highest BCUT2D eigenvalue weighted by molar-refractivity contribution is 7.92. The molecule has 9 nitrogen and oxygen atoms in total. The summed E-state index contributed by atoms with van der Waals surface area (Å²) < 4.78 is 26.3. The molecule has 0 amide bonds. The number of carboxylic acids is 1. The number of hydrogen-bond donors (Lipinski definition) is 2. The molecule has 2 rings (SSSR count). The number of anilines is 1. The fourth-order valence-corrected chi connectivity index (χ4v) is 2.62. The van der Waals surface area contributed by atoms with Crippen LogP contribution in [0.3, 0.4) is 0 Å². The van der Waals surface area contributed by atoms with Gasteiger partial charge in [-0.05, 0) is 24.3 Å². The predicted molar refractivity (Wildman–Crippen MR) is 75.1 cm³/mol. The lowest BCUT2D eigenvalue weighted by molar-refractivity contribution is -0.384. The van der Waals surface area contributed by atoms with Crippen LogP contribution in [0.25, 0.3) is 0 Å². The first-order valence-electron chi connectivity index (χ1n) is 5.77. The third-order valence-electron chi connectivity index (χ3n) is 2.63. The highest BCUT2D eigenvalue weighted by atomic mass is 32.2. The molecule has 1 aromatic carbocycles. The SMILES string of the molecule is O=C(O)c1cccnc1NS(=O)(=O)c1ccc([N+](=O)[O-])cc1. The van der Waals surface area contributed by atoms with Crippen molar-refractivity contribution in [1.29, 1.82) is 0 Å². The number of pyridine rings is 1. The van der Waals surface area contributed by atoms with Crippen molar-refractivity contribution < 1.29 is 23.2 Å². The molecular formula is C12H9N3O6S. The first-order valence-corrected chi connectivity index (χ1v) is 7.25. The molecule has 0 radical (unpaired) electrons. The second-order valence-corrected chi connectivity index (χ2v) is 5.74. The normalized spacial score (nSPS) is 10.9. The maximum absolute atomic E-state index is 12.1. The molecule has 0 saturated heterocycles. The molecule has 1 aromatic heterocycles. The fraction of sp³-hybridized carbons (Fsp3) is 0. The van der Waals surface area contributed by atoms with Crippen LogP contribution in [0.1, 0.15) is 10.4 Å². The second kappa shape index (κ2) is 5.77. The Morgan fingerprint density at radius 2 is 1.86 bits per heavy atom. The van der Waals surface area contributed by atoms with E-state index < -0.39 is 20.9 Å². The summed E-state index contributed by atoms with van der Waals surface area (Å²) in [6.07, 6.45) is 1.24. The number of non-ortho nitro benzene ring substituents is 1. The number of hydrogen-bond acceptors (Lipinski definition) is 6. The number of rotatable bonds is 5. The molecule has 0 aliphatic carbocycles. The van der Waals surface area contributed by atoms with Crippen LogP contribution in [0.4, 0.5) is 11.5 Å². The summed E-state index contributed by atoms with van der Waals surface area (Å²) in [7, 11) is -4.11. The molecular weight excluding hydrogens is 314 g/mol. The Morgan fingerprint density at radius 3 is 2.41 bits per heavy atom. The molecule has 0 aliphatic rings. The topological polar surface area (TPSA) is 140 Å². The number of nitro benzene ring substituents is 1. The van der Waals surface area contributed by atoms with Crippen LogP contribution >= 0.6 is 0 Å². The van der Waals surface area contributed by atoms with Crippen molar-refractivity contribution in [2.75, 3.05) is 4.72 Å². The summed E-state index contributed by atoms with van der Waals surface area (Å²) in [4.78, 5) is 24.3. The Morgan fingerprint density at radius 1 is 1.23 bits per heavy atom. The van der Waals surface area contributed by atoms with E-state index in [1.165, 1.54) is 18.3 Å². The van der Waals surface area contributed by atoms with Gasteiger partial charge in [-0.15, -0.1) is 0 Å². The average Bonchev–Trinajstić information content (AvgIpc) is 2.47. The molecule has 0 fully saturated rings. The van der Waals surface area contributed by atoms with E-state index in [1.54, 1.807) is 0 Å². The maximum atomic E-state index is 12.1. The van der Waals surface area contributed by atoms with Gasteiger partial charge in [0.05, 0.1) is 9.82 Å². The van der Waals surface area contributed by atoms with Gasteiger partial charge in [0, 0.05) is 18.3 Å². The number of carboxylic acid groups (broad SMARTS) is 1. The van der Waals surface area contributed by atoms with Crippen molar-refractivity contribution in [3.63, 3.8) is 0 Å². The van der Waals surface area contributed by atoms with Crippen LogP contribution < -0.4 is 4.72 Å². The fourth-order valence-electron chi connectivity index (χ4n) is 1.59. The maximum Gasteiger partial charge on any atom is 0.339 e.